The van der Waals surface area contributed by atoms with Crippen molar-refractivity contribution in [3.63, 3.8) is 0 Å². The van der Waals surface area contributed by atoms with E-state index in [1.54, 1.807) is 0 Å². The van der Waals surface area contributed by atoms with Gasteiger partial charge in [-0.3, -0.25) is 0 Å². The molecule has 20 heavy (non-hydrogen) atoms. The Morgan fingerprint density at radius 1 is 1.15 bits per heavy atom. The summed E-state index contributed by atoms with van der Waals surface area (Å²) in [4.78, 5) is 4.47. The molecule has 3 rings (SSSR count). The Hall–Kier alpha value is -2.15. The van der Waals surface area contributed by atoms with Crippen LogP contribution in [0.2, 0.25) is 0 Å². The average molecular weight is 267 g/mol. The normalized spacial score (nSPS) is 17.6. The van der Waals surface area contributed by atoms with Crippen molar-refractivity contribution in [2.45, 2.75) is 43.9 Å². The van der Waals surface area contributed by atoms with Crippen LogP contribution in [-0.4, -0.2) is 10.1 Å². The van der Waals surface area contributed by atoms with Crippen molar-refractivity contribution in [3.8, 4) is 6.07 Å². The maximum Gasteiger partial charge on any atom is 0.240 e. The predicted molar refractivity (Wildman–Crippen MR) is 73.9 cm³/mol. The Kier molecular flexibility index (Phi) is 3.51. The van der Waals surface area contributed by atoms with Gasteiger partial charge in [-0.2, -0.15) is 10.2 Å². The lowest BCUT2D eigenvalue weighted by Gasteiger charge is -2.34. The van der Waals surface area contributed by atoms with Crippen molar-refractivity contribution in [2.24, 2.45) is 0 Å². The maximum absolute atomic E-state index is 8.74. The maximum atomic E-state index is 8.74. The summed E-state index contributed by atoms with van der Waals surface area (Å²) in [6.45, 7) is 0. The Balaban J connectivity index is 2.03. The molecule has 0 atom stereocenters. The molecule has 1 aromatic carbocycles. The molecule has 0 bridgehead atoms. The van der Waals surface area contributed by atoms with Crippen molar-refractivity contribution in [1.82, 2.24) is 10.1 Å². The average Bonchev–Trinajstić information content (AvgIpc) is 2.98. The molecule has 0 amide bonds. The van der Waals surface area contributed by atoms with Crippen LogP contribution in [0.25, 0.3) is 0 Å². The summed E-state index contributed by atoms with van der Waals surface area (Å²) in [5.74, 6) is 1.16. The van der Waals surface area contributed by atoms with Crippen LogP contribution < -0.4 is 0 Å². The molecule has 1 aromatic heterocycles. The molecule has 0 spiro atoms. The number of rotatable bonds is 3. The lowest BCUT2D eigenvalue weighted by atomic mass is 9.69. The second-order valence-corrected chi connectivity index (χ2v) is 5.36. The van der Waals surface area contributed by atoms with Crippen LogP contribution in [0, 0.1) is 11.3 Å². The van der Waals surface area contributed by atoms with E-state index in [9.17, 15) is 0 Å². The predicted octanol–water partition coefficient (Wildman–Crippen LogP) is 3.39. The molecule has 0 unspecified atom stereocenters. The van der Waals surface area contributed by atoms with Gasteiger partial charge in [-0.15, -0.1) is 0 Å². The molecule has 4 nitrogen and oxygen atoms in total. The summed E-state index contributed by atoms with van der Waals surface area (Å²) in [5.41, 5.74) is 1.11. The molecule has 0 saturated heterocycles. The Morgan fingerprint density at radius 3 is 2.60 bits per heavy atom. The minimum absolute atomic E-state index is 0.142. The van der Waals surface area contributed by atoms with Gasteiger partial charge in [0, 0.05) is 0 Å². The highest BCUT2D eigenvalue weighted by atomic mass is 16.5. The van der Waals surface area contributed by atoms with E-state index in [0.29, 0.717) is 5.89 Å². The standard InChI is InChI=1S/C16H17N3O/c17-12-9-14-18-15(19-20-14)16(10-5-2-6-11-16)13-7-3-1-4-8-13/h1,3-4,7-8H,2,5-6,9-11H2. The third-order valence-electron chi connectivity index (χ3n) is 4.16. The minimum atomic E-state index is -0.142. The van der Waals surface area contributed by atoms with Gasteiger partial charge in [-0.25, -0.2) is 0 Å². The third kappa shape index (κ3) is 2.20. The van der Waals surface area contributed by atoms with Crippen LogP contribution in [0.4, 0.5) is 0 Å². The van der Waals surface area contributed by atoms with Crippen molar-refractivity contribution in [3.05, 3.63) is 47.6 Å². The van der Waals surface area contributed by atoms with Crippen molar-refractivity contribution >= 4 is 0 Å². The molecule has 1 fully saturated rings. The second kappa shape index (κ2) is 5.46. The molecule has 2 aromatic rings. The van der Waals surface area contributed by atoms with E-state index >= 15 is 0 Å². The third-order valence-corrected chi connectivity index (χ3v) is 4.16. The van der Waals surface area contributed by atoms with Crippen molar-refractivity contribution in [2.75, 3.05) is 0 Å². The summed E-state index contributed by atoms with van der Waals surface area (Å²) in [7, 11) is 0. The number of aromatic nitrogens is 2. The molecule has 1 saturated carbocycles. The number of benzene rings is 1. The Bertz CT molecular complexity index is 606. The van der Waals surface area contributed by atoms with Gasteiger partial charge in [-0.1, -0.05) is 54.8 Å². The summed E-state index contributed by atoms with van der Waals surface area (Å²) < 4.78 is 5.22. The molecular formula is C16H17N3O. The summed E-state index contributed by atoms with van der Waals surface area (Å²) in [6.07, 6.45) is 5.88. The SMILES string of the molecule is N#CCc1nc(C2(c3ccccc3)CCCCC2)no1. The zero-order chi connectivity index (χ0) is 13.8. The number of hydrogen-bond donors (Lipinski definition) is 0. The Morgan fingerprint density at radius 2 is 1.90 bits per heavy atom. The van der Waals surface area contributed by atoms with E-state index in [1.165, 1.54) is 24.8 Å². The number of nitrogens with zero attached hydrogens (tertiary/aromatic N) is 3. The zero-order valence-electron chi connectivity index (χ0n) is 11.4. The number of nitriles is 1. The zero-order valence-corrected chi connectivity index (χ0v) is 11.4. The first-order valence-electron chi connectivity index (χ1n) is 7.11. The van der Waals surface area contributed by atoms with Crippen LogP contribution in [0.15, 0.2) is 34.9 Å². The van der Waals surface area contributed by atoms with Gasteiger partial charge >= 0.3 is 0 Å². The first kappa shape index (κ1) is 12.9. The number of hydrogen-bond acceptors (Lipinski definition) is 4. The molecule has 0 aliphatic heterocycles. The van der Waals surface area contributed by atoms with Crippen LogP contribution in [0.5, 0.6) is 0 Å². The van der Waals surface area contributed by atoms with E-state index in [4.69, 9.17) is 9.78 Å². The molecule has 1 aliphatic carbocycles. The van der Waals surface area contributed by atoms with Crippen LogP contribution in [0.3, 0.4) is 0 Å². The van der Waals surface area contributed by atoms with Crippen molar-refractivity contribution < 1.29 is 4.52 Å². The minimum Gasteiger partial charge on any atom is -0.338 e. The monoisotopic (exact) mass is 267 g/mol. The molecular weight excluding hydrogens is 250 g/mol. The highest BCUT2D eigenvalue weighted by Gasteiger charge is 2.39. The van der Waals surface area contributed by atoms with Crippen LogP contribution in [-0.2, 0) is 11.8 Å². The second-order valence-electron chi connectivity index (χ2n) is 5.36. The first-order valence-corrected chi connectivity index (χ1v) is 7.11. The van der Waals surface area contributed by atoms with Gasteiger partial charge in [-0.05, 0) is 18.4 Å². The fourth-order valence-corrected chi connectivity index (χ4v) is 3.14. The van der Waals surface area contributed by atoms with E-state index in [1.807, 2.05) is 6.07 Å². The Labute approximate surface area is 118 Å². The van der Waals surface area contributed by atoms with Gasteiger partial charge in [0.2, 0.25) is 5.89 Å². The van der Waals surface area contributed by atoms with Gasteiger partial charge < -0.3 is 4.52 Å². The summed E-state index contributed by atoms with van der Waals surface area (Å²) in [5, 5.41) is 12.9. The molecule has 0 N–H and O–H groups in total. The summed E-state index contributed by atoms with van der Waals surface area (Å²) >= 11 is 0. The molecule has 1 aliphatic rings. The van der Waals surface area contributed by atoms with Gasteiger partial charge in [0.05, 0.1) is 11.5 Å². The van der Waals surface area contributed by atoms with E-state index in [-0.39, 0.29) is 11.8 Å². The largest absolute Gasteiger partial charge is 0.338 e. The molecule has 4 heteroatoms. The lowest BCUT2D eigenvalue weighted by molar-refractivity contribution is 0.309. The van der Waals surface area contributed by atoms with E-state index in [0.717, 1.165) is 18.7 Å². The highest BCUT2D eigenvalue weighted by Crippen LogP contribution is 2.43. The fourth-order valence-electron chi connectivity index (χ4n) is 3.14. The quantitative estimate of drug-likeness (QED) is 0.855. The van der Waals surface area contributed by atoms with Gasteiger partial charge in [0.1, 0.15) is 6.42 Å². The fraction of sp³-hybridized carbons (Fsp3) is 0.438. The van der Waals surface area contributed by atoms with E-state index < -0.39 is 0 Å². The summed E-state index contributed by atoms with van der Waals surface area (Å²) in [6, 6.07) is 12.5. The van der Waals surface area contributed by atoms with Crippen molar-refractivity contribution in [1.29, 1.82) is 5.26 Å². The van der Waals surface area contributed by atoms with Crippen LogP contribution >= 0.6 is 0 Å². The molecule has 1 heterocycles. The van der Waals surface area contributed by atoms with Gasteiger partial charge in [0.25, 0.3) is 0 Å². The smallest absolute Gasteiger partial charge is 0.240 e. The van der Waals surface area contributed by atoms with E-state index in [2.05, 4.69) is 40.5 Å². The molecule has 0 radical (unpaired) electrons. The molecule has 102 valence electrons. The highest BCUT2D eigenvalue weighted by molar-refractivity contribution is 5.33. The van der Waals surface area contributed by atoms with Crippen LogP contribution in [0.1, 0.15) is 49.4 Å². The lowest BCUT2D eigenvalue weighted by Crippen LogP contribution is -2.31. The van der Waals surface area contributed by atoms with Gasteiger partial charge in [0.15, 0.2) is 5.82 Å². The first-order chi connectivity index (χ1) is 9.85. The topological polar surface area (TPSA) is 62.7 Å².